The summed E-state index contributed by atoms with van der Waals surface area (Å²) in [7, 11) is 0. The summed E-state index contributed by atoms with van der Waals surface area (Å²) in [5, 5.41) is 2.54. The van der Waals surface area contributed by atoms with Crippen LogP contribution < -0.4 is 5.32 Å². The maximum absolute atomic E-state index is 12.0. The van der Waals surface area contributed by atoms with Crippen LogP contribution in [-0.4, -0.2) is 63.0 Å². The number of esters is 2. The number of carbonyl (C=O) groups is 3. The van der Waals surface area contributed by atoms with Gasteiger partial charge in [-0.15, -0.1) is 0 Å². The second-order valence-electron chi connectivity index (χ2n) is 4.59. The fourth-order valence-corrected chi connectivity index (χ4v) is 1.89. The van der Waals surface area contributed by atoms with E-state index in [1.165, 1.54) is 0 Å². The molecule has 1 rings (SSSR count). The monoisotopic (exact) mass is 317 g/mol. The van der Waals surface area contributed by atoms with Crippen molar-refractivity contribution in [3.63, 3.8) is 0 Å². The number of ether oxygens (including phenoxy) is 4. The van der Waals surface area contributed by atoms with Gasteiger partial charge < -0.3 is 24.3 Å². The smallest absolute Gasteiger partial charge is 0.328 e. The van der Waals surface area contributed by atoms with Crippen LogP contribution in [0.2, 0.25) is 0 Å². The number of hydrogen-bond acceptors (Lipinski definition) is 7. The van der Waals surface area contributed by atoms with Crippen molar-refractivity contribution in [2.24, 2.45) is 0 Å². The third kappa shape index (κ3) is 6.40. The van der Waals surface area contributed by atoms with E-state index in [9.17, 15) is 14.4 Å². The van der Waals surface area contributed by atoms with Gasteiger partial charge in [0.15, 0.2) is 6.10 Å². The van der Waals surface area contributed by atoms with Crippen LogP contribution in [0.1, 0.15) is 26.7 Å². The van der Waals surface area contributed by atoms with Gasteiger partial charge in [-0.05, 0) is 20.3 Å². The van der Waals surface area contributed by atoms with E-state index in [-0.39, 0.29) is 32.7 Å². The van der Waals surface area contributed by atoms with Gasteiger partial charge in [-0.2, -0.15) is 0 Å². The van der Waals surface area contributed by atoms with E-state index in [0.717, 1.165) is 0 Å². The molecule has 0 unspecified atom stereocenters. The van der Waals surface area contributed by atoms with Crippen molar-refractivity contribution in [3.05, 3.63) is 0 Å². The molecule has 1 heterocycles. The van der Waals surface area contributed by atoms with Gasteiger partial charge in [-0.1, -0.05) is 0 Å². The van der Waals surface area contributed by atoms with Crippen molar-refractivity contribution in [1.29, 1.82) is 0 Å². The highest BCUT2D eigenvalue weighted by Gasteiger charge is 2.29. The quantitative estimate of drug-likeness (QED) is 0.618. The SMILES string of the molecule is CCOC(=O)CC[C@H](NC(=O)[C@@H]1COCCO1)C(=O)OCC. The number of rotatable bonds is 8. The minimum Gasteiger partial charge on any atom is -0.466 e. The van der Waals surface area contributed by atoms with Gasteiger partial charge in [-0.25, -0.2) is 4.79 Å². The fourth-order valence-electron chi connectivity index (χ4n) is 1.89. The van der Waals surface area contributed by atoms with Gasteiger partial charge in [0.1, 0.15) is 6.04 Å². The average molecular weight is 317 g/mol. The standard InChI is InChI=1S/C14H23NO7/c1-3-20-12(16)6-5-10(14(18)21-4-2)15-13(17)11-9-19-7-8-22-11/h10-11H,3-9H2,1-2H3,(H,15,17)/t10-,11-/m0/s1. The van der Waals surface area contributed by atoms with Crippen LogP contribution in [0.25, 0.3) is 0 Å². The Bertz CT molecular complexity index is 379. The van der Waals surface area contributed by atoms with Gasteiger partial charge in [-0.3, -0.25) is 9.59 Å². The molecule has 0 spiro atoms. The van der Waals surface area contributed by atoms with E-state index >= 15 is 0 Å². The third-order valence-electron chi connectivity index (χ3n) is 2.94. The van der Waals surface area contributed by atoms with Crippen LogP contribution in [0, 0.1) is 0 Å². The maximum Gasteiger partial charge on any atom is 0.328 e. The molecule has 0 radical (unpaired) electrons. The van der Waals surface area contributed by atoms with Crippen LogP contribution in [0.4, 0.5) is 0 Å². The lowest BCUT2D eigenvalue weighted by Gasteiger charge is -2.24. The Morgan fingerprint density at radius 1 is 1.18 bits per heavy atom. The minimum atomic E-state index is -0.914. The van der Waals surface area contributed by atoms with Crippen molar-refractivity contribution in [2.75, 3.05) is 33.0 Å². The Labute approximate surface area is 129 Å². The van der Waals surface area contributed by atoms with Crippen molar-refractivity contribution < 1.29 is 33.3 Å². The van der Waals surface area contributed by atoms with Crippen LogP contribution in [0.15, 0.2) is 0 Å². The molecule has 2 atom stereocenters. The van der Waals surface area contributed by atoms with Gasteiger partial charge in [0.25, 0.3) is 5.91 Å². The molecule has 0 aromatic carbocycles. The second-order valence-corrected chi connectivity index (χ2v) is 4.59. The Balaban J connectivity index is 2.54. The second kappa shape index (κ2) is 10.1. The number of carbonyl (C=O) groups excluding carboxylic acids is 3. The summed E-state index contributed by atoms with van der Waals surface area (Å²) in [6, 6.07) is -0.914. The lowest BCUT2D eigenvalue weighted by Crippen LogP contribution is -2.49. The van der Waals surface area contributed by atoms with Gasteiger partial charge >= 0.3 is 11.9 Å². The molecule has 0 aliphatic carbocycles. The molecule has 0 saturated carbocycles. The zero-order valence-corrected chi connectivity index (χ0v) is 13.0. The average Bonchev–Trinajstić information content (AvgIpc) is 2.52. The molecule has 126 valence electrons. The van der Waals surface area contributed by atoms with E-state index in [1.807, 2.05) is 0 Å². The zero-order valence-electron chi connectivity index (χ0n) is 13.0. The van der Waals surface area contributed by atoms with Crippen LogP contribution in [0.3, 0.4) is 0 Å². The molecule has 0 aromatic heterocycles. The summed E-state index contributed by atoms with van der Waals surface area (Å²) in [6.45, 7) is 4.72. The normalized spacial score (nSPS) is 19.1. The molecule has 1 amide bonds. The van der Waals surface area contributed by atoms with E-state index < -0.39 is 30.0 Å². The molecule has 1 saturated heterocycles. The molecular weight excluding hydrogens is 294 g/mol. The molecule has 0 aromatic rings. The van der Waals surface area contributed by atoms with E-state index in [1.54, 1.807) is 13.8 Å². The molecule has 8 nitrogen and oxygen atoms in total. The fraction of sp³-hybridized carbons (Fsp3) is 0.786. The molecule has 0 bridgehead atoms. The Hall–Kier alpha value is -1.67. The van der Waals surface area contributed by atoms with Gasteiger partial charge in [0.05, 0.1) is 33.0 Å². The van der Waals surface area contributed by atoms with Crippen LogP contribution in [-0.2, 0) is 33.3 Å². The Morgan fingerprint density at radius 2 is 1.91 bits per heavy atom. The van der Waals surface area contributed by atoms with Gasteiger partial charge in [0.2, 0.25) is 0 Å². The third-order valence-corrected chi connectivity index (χ3v) is 2.94. The predicted molar refractivity (Wildman–Crippen MR) is 75.0 cm³/mol. The summed E-state index contributed by atoms with van der Waals surface area (Å²) in [6.07, 6.45) is -0.635. The molecule has 8 heteroatoms. The van der Waals surface area contributed by atoms with Gasteiger partial charge in [0, 0.05) is 6.42 Å². The first-order valence-corrected chi connectivity index (χ1v) is 7.40. The van der Waals surface area contributed by atoms with Crippen LogP contribution >= 0.6 is 0 Å². The molecule has 22 heavy (non-hydrogen) atoms. The van der Waals surface area contributed by atoms with Crippen molar-refractivity contribution in [3.8, 4) is 0 Å². The summed E-state index contributed by atoms with van der Waals surface area (Å²) < 4.78 is 20.1. The molecule has 1 N–H and O–H groups in total. The highest BCUT2D eigenvalue weighted by atomic mass is 16.6. The molecule has 1 aliphatic rings. The minimum absolute atomic E-state index is 0.0135. The topological polar surface area (TPSA) is 100 Å². The molecule has 1 fully saturated rings. The maximum atomic E-state index is 12.0. The molecule has 1 aliphatic heterocycles. The lowest BCUT2D eigenvalue weighted by molar-refractivity contribution is -0.155. The number of nitrogens with one attached hydrogen (secondary N) is 1. The highest BCUT2D eigenvalue weighted by molar-refractivity contribution is 5.87. The molecular formula is C14H23NO7. The summed E-state index contributed by atoms with van der Waals surface area (Å²) in [5.41, 5.74) is 0. The predicted octanol–water partition coefficient (Wildman–Crippen LogP) is -0.207. The van der Waals surface area contributed by atoms with E-state index in [2.05, 4.69) is 5.32 Å². The van der Waals surface area contributed by atoms with E-state index in [4.69, 9.17) is 18.9 Å². The zero-order chi connectivity index (χ0) is 16.4. The largest absolute Gasteiger partial charge is 0.466 e. The highest BCUT2D eigenvalue weighted by Crippen LogP contribution is 2.06. The van der Waals surface area contributed by atoms with Crippen molar-refractivity contribution in [2.45, 2.75) is 38.8 Å². The Morgan fingerprint density at radius 3 is 2.50 bits per heavy atom. The summed E-state index contributed by atoms with van der Waals surface area (Å²) in [5.74, 6) is -1.47. The summed E-state index contributed by atoms with van der Waals surface area (Å²) in [4.78, 5) is 35.3. The first-order chi connectivity index (χ1) is 10.6. The van der Waals surface area contributed by atoms with E-state index in [0.29, 0.717) is 13.2 Å². The Kier molecular flexibility index (Phi) is 8.46. The first-order valence-electron chi connectivity index (χ1n) is 7.40. The first kappa shape index (κ1) is 18.4. The van der Waals surface area contributed by atoms with Crippen molar-refractivity contribution >= 4 is 17.8 Å². The number of hydrogen-bond donors (Lipinski definition) is 1. The summed E-state index contributed by atoms with van der Waals surface area (Å²) >= 11 is 0. The lowest BCUT2D eigenvalue weighted by atomic mass is 10.1. The van der Waals surface area contributed by atoms with Crippen molar-refractivity contribution in [1.82, 2.24) is 5.32 Å². The van der Waals surface area contributed by atoms with Crippen LogP contribution in [0.5, 0.6) is 0 Å². The number of amides is 1.